The Balaban J connectivity index is 2.04. The van der Waals surface area contributed by atoms with Gasteiger partial charge >= 0.3 is 5.97 Å². The molecule has 0 aromatic heterocycles. The molecule has 6 heteroatoms. The quantitative estimate of drug-likeness (QED) is 0.745. The number of nitrogens with zero attached hydrogens (tertiary/aromatic N) is 1. The summed E-state index contributed by atoms with van der Waals surface area (Å²) in [5.74, 6) is -2.26. The lowest BCUT2D eigenvalue weighted by molar-refractivity contribution is -0.146. The number of carboxylic acid groups (broad SMARTS) is 1. The fourth-order valence-corrected chi connectivity index (χ4v) is 2.48. The largest absolute Gasteiger partial charge is 0.497 e. The molecule has 2 rings (SSSR count). The second-order valence-electron chi connectivity index (χ2n) is 4.81. The summed E-state index contributed by atoms with van der Waals surface area (Å²) in [6.07, 6.45) is 1.11. The summed E-state index contributed by atoms with van der Waals surface area (Å²) < 4.78 is 5.18. The van der Waals surface area contributed by atoms with Crippen molar-refractivity contribution < 1.29 is 19.4 Å². The van der Waals surface area contributed by atoms with E-state index in [0.717, 1.165) is 24.4 Å². The maximum Gasteiger partial charge on any atom is 0.316 e. The van der Waals surface area contributed by atoms with Crippen molar-refractivity contribution in [2.24, 2.45) is 11.7 Å². The van der Waals surface area contributed by atoms with Crippen molar-refractivity contribution in [3.63, 3.8) is 0 Å². The molecule has 108 valence electrons. The average Bonchev–Trinajstić information content (AvgIpc) is 2.80. The van der Waals surface area contributed by atoms with Crippen LogP contribution in [0, 0.1) is 5.92 Å². The Morgan fingerprint density at radius 3 is 2.85 bits per heavy atom. The van der Waals surface area contributed by atoms with Crippen LogP contribution in [-0.2, 0) is 16.0 Å². The SMILES string of the molecule is COc1ccc2c(c1)CCN2CCC(C(N)=O)C(=O)O. The van der Waals surface area contributed by atoms with Gasteiger partial charge in [-0.05, 0) is 36.6 Å². The van der Waals surface area contributed by atoms with Gasteiger partial charge in [-0.1, -0.05) is 0 Å². The Morgan fingerprint density at radius 1 is 1.50 bits per heavy atom. The van der Waals surface area contributed by atoms with E-state index in [9.17, 15) is 9.59 Å². The number of hydrogen-bond acceptors (Lipinski definition) is 4. The number of carbonyl (C=O) groups is 2. The smallest absolute Gasteiger partial charge is 0.316 e. The predicted octanol–water partition coefficient (Wildman–Crippen LogP) is 0.634. The molecule has 0 fully saturated rings. The molecule has 0 saturated carbocycles. The summed E-state index contributed by atoms with van der Waals surface area (Å²) in [4.78, 5) is 24.1. The lowest BCUT2D eigenvalue weighted by atomic mass is 10.1. The Labute approximate surface area is 117 Å². The van der Waals surface area contributed by atoms with E-state index in [1.54, 1.807) is 7.11 Å². The van der Waals surface area contributed by atoms with E-state index in [0.29, 0.717) is 6.54 Å². The Kier molecular flexibility index (Phi) is 4.12. The zero-order valence-corrected chi connectivity index (χ0v) is 11.3. The number of primary amides is 1. The van der Waals surface area contributed by atoms with Crippen molar-refractivity contribution in [3.05, 3.63) is 23.8 Å². The highest BCUT2D eigenvalue weighted by Crippen LogP contribution is 2.31. The Bertz CT molecular complexity index is 516. The summed E-state index contributed by atoms with van der Waals surface area (Å²) in [6, 6.07) is 5.82. The van der Waals surface area contributed by atoms with Gasteiger partial charge in [0.2, 0.25) is 5.91 Å². The van der Waals surface area contributed by atoms with E-state index in [1.165, 1.54) is 5.56 Å². The topological polar surface area (TPSA) is 92.9 Å². The van der Waals surface area contributed by atoms with Gasteiger partial charge in [-0.25, -0.2) is 0 Å². The second kappa shape index (κ2) is 5.81. The molecule has 1 aliphatic rings. The third-order valence-corrected chi connectivity index (χ3v) is 3.61. The van der Waals surface area contributed by atoms with Gasteiger partial charge < -0.3 is 20.5 Å². The van der Waals surface area contributed by atoms with Gasteiger partial charge in [-0.15, -0.1) is 0 Å². The maximum atomic E-state index is 11.1. The first-order chi connectivity index (χ1) is 9.52. The van der Waals surface area contributed by atoms with Crippen LogP contribution < -0.4 is 15.4 Å². The first-order valence-corrected chi connectivity index (χ1v) is 6.47. The molecule has 1 aliphatic heterocycles. The van der Waals surface area contributed by atoms with Crippen LogP contribution in [0.2, 0.25) is 0 Å². The fraction of sp³-hybridized carbons (Fsp3) is 0.429. The molecule has 3 N–H and O–H groups in total. The molecular weight excluding hydrogens is 260 g/mol. The van der Waals surface area contributed by atoms with Crippen molar-refractivity contribution in [2.45, 2.75) is 12.8 Å². The zero-order chi connectivity index (χ0) is 14.7. The third-order valence-electron chi connectivity index (χ3n) is 3.61. The van der Waals surface area contributed by atoms with E-state index in [-0.39, 0.29) is 6.42 Å². The number of methoxy groups -OCH3 is 1. The minimum absolute atomic E-state index is 0.218. The number of fused-ring (bicyclic) bond motifs is 1. The molecule has 1 amide bonds. The average molecular weight is 278 g/mol. The van der Waals surface area contributed by atoms with Crippen molar-refractivity contribution in [1.29, 1.82) is 0 Å². The second-order valence-corrected chi connectivity index (χ2v) is 4.81. The molecule has 0 spiro atoms. The number of carbonyl (C=O) groups excluding carboxylic acids is 1. The molecule has 1 aromatic carbocycles. The number of hydrogen-bond donors (Lipinski definition) is 2. The first-order valence-electron chi connectivity index (χ1n) is 6.47. The fourth-order valence-electron chi connectivity index (χ4n) is 2.48. The molecule has 1 unspecified atom stereocenters. The number of benzene rings is 1. The van der Waals surface area contributed by atoms with E-state index < -0.39 is 17.8 Å². The highest BCUT2D eigenvalue weighted by Gasteiger charge is 2.26. The maximum absolute atomic E-state index is 11.1. The molecule has 20 heavy (non-hydrogen) atoms. The van der Waals surface area contributed by atoms with Crippen LogP contribution in [0.1, 0.15) is 12.0 Å². The summed E-state index contributed by atoms with van der Waals surface area (Å²) in [5, 5.41) is 8.95. The summed E-state index contributed by atoms with van der Waals surface area (Å²) in [7, 11) is 1.62. The van der Waals surface area contributed by atoms with Gasteiger partial charge in [-0.3, -0.25) is 9.59 Å². The van der Waals surface area contributed by atoms with Crippen LogP contribution in [0.25, 0.3) is 0 Å². The Morgan fingerprint density at radius 2 is 2.25 bits per heavy atom. The van der Waals surface area contributed by atoms with Gasteiger partial charge in [0.1, 0.15) is 11.7 Å². The van der Waals surface area contributed by atoms with Crippen LogP contribution in [0.3, 0.4) is 0 Å². The monoisotopic (exact) mass is 278 g/mol. The Hall–Kier alpha value is -2.24. The van der Waals surface area contributed by atoms with Crippen molar-refractivity contribution >= 4 is 17.6 Å². The number of rotatable bonds is 6. The summed E-state index contributed by atoms with van der Waals surface area (Å²) in [6.45, 7) is 1.31. The summed E-state index contributed by atoms with van der Waals surface area (Å²) in [5.41, 5.74) is 7.35. The van der Waals surface area contributed by atoms with Gasteiger partial charge in [0.15, 0.2) is 0 Å². The standard InChI is InChI=1S/C14H18N2O4/c1-20-10-2-3-12-9(8-10)4-6-16(12)7-5-11(13(15)17)14(18)19/h2-3,8,11H,4-7H2,1H3,(H2,15,17)(H,18,19). The van der Waals surface area contributed by atoms with Crippen LogP contribution in [0.4, 0.5) is 5.69 Å². The molecule has 1 heterocycles. The molecule has 1 aromatic rings. The minimum Gasteiger partial charge on any atom is -0.497 e. The van der Waals surface area contributed by atoms with Crippen LogP contribution >= 0.6 is 0 Å². The molecular formula is C14H18N2O4. The number of ether oxygens (including phenoxy) is 1. The number of nitrogens with two attached hydrogens (primary N) is 1. The lowest BCUT2D eigenvalue weighted by Crippen LogP contribution is -2.34. The van der Waals surface area contributed by atoms with Crippen LogP contribution in [0.15, 0.2) is 18.2 Å². The predicted molar refractivity (Wildman–Crippen MR) is 73.8 cm³/mol. The van der Waals surface area contributed by atoms with Gasteiger partial charge in [0, 0.05) is 18.8 Å². The van der Waals surface area contributed by atoms with Crippen molar-refractivity contribution in [1.82, 2.24) is 0 Å². The normalized spacial score (nSPS) is 14.8. The zero-order valence-electron chi connectivity index (χ0n) is 11.3. The highest BCUT2D eigenvalue weighted by atomic mass is 16.5. The van der Waals surface area contributed by atoms with Crippen LogP contribution in [-0.4, -0.2) is 37.2 Å². The minimum atomic E-state index is -1.16. The first kappa shape index (κ1) is 14.2. The van der Waals surface area contributed by atoms with Crippen molar-refractivity contribution in [2.75, 3.05) is 25.1 Å². The number of carboxylic acids is 1. The van der Waals surface area contributed by atoms with E-state index in [2.05, 4.69) is 4.90 Å². The molecule has 6 nitrogen and oxygen atoms in total. The number of aliphatic carboxylic acids is 1. The van der Waals surface area contributed by atoms with Crippen LogP contribution in [0.5, 0.6) is 5.75 Å². The van der Waals surface area contributed by atoms with Gasteiger partial charge in [0.05, 0.1) is 7.11 Å². The molecule has 0 radical (unpaired) electrons. The number of anilines is 1. The molecule has 0 saturated heterocycles. The molecule has 0 bridgehead atoms. The van der Waals surface area contributed by atoms with E-state index in [1.807, 2.05) is 18.2 Å². The third kappa shape index (κ3) is 2.84. The molecule has 1 atom stereocenters. The van der Waals surface area contributed by atoms with Crippen molar-refractivity contribution in [3.8, 4) is 5.75 Å². The number of amides is 1. The van der Waals surface area contributed by atoms with E-state index in [4.69, 9.17) is 15.6 Å². The highest BCUT2D eigenvalue weighted by molar-refractivity contribution is 5.96. The lowest BCUT2D eigenvalue weighted by Gasteiger charge is -2.20. The van der Waals surface area contributed by atoms with Gasteiger partial charge in [-0.2, -0.15) is 0 Å². The van der Waals surface area contributed by atoms with E-state index >= 15 is 0 Å². The summed E-state index contributed by atoms with van der Waals surface area (Å²) >= 11 is 0. The van der Waals surface area contributed by atoms with Gasteiger partial charge in [0.25, 0.3) is 0 Å². The molecule has 0 aliphatic carbocycles.